The Labute approximate surface area is 147 Å². The summed E-state index contributed by atoms with van der Waals surface area (Å²) in [5.41, 5.74) is 1.70. The molecule has 7 heteroatoms. The van der Waals surface area contributed by atoms with Gasteiger partial charge < -0.3 is 14.2 Å². The summed E-state index contributed by atoms with van der Waals surface area (Å²) in [4.78, 5) is 25.5. The first-order chi connectivity index (χ1) is 12.2. The minimum atomic E-state index is 0.00551. The number of aryl methyl sites for hydroxylation is 1. The van der Waals surface area contributed by atoms with E-state index >= 15 is 0 Å². The maximum atomic E-state index is 12.7. The third kappa shape index (κ3) is 3.43. The molecule has 0 aromatic carbocycles. The number of piperidine rings is 1. The number of nitrogens with zero attached hydrogens (tertiary/aromatic N) is 5. The van der Waals surface area contributed by atoms with Crippen LogP contribution in [0.1, 0.15) is 22.5 Å². The summed E-state index contributed by atoms with van der Waals surface area (Å²) >= 11 is 0. The standard InChI is InChI=1S/C18H23N5O2/c1-21-11-15(20-13-21)18(24)23-6-4-17-16(12-23)22(7-8-25-17)10-14-3-2-5-19-9-14/h2-3,5,9,11,13,16-17H,4,6-8,10,12H2,1H3/t16-,17-/m1/s1. The number of imidazole rings is 1. The van der Waals surface area contributed by atoms with E-state index in [4.69, 9.17) is 4.74 Å². The highest BCUT2D eigenvalue weighted by Crippen LogP contribution is 2.25. The maximum absolute atomic E-state index is 12.7. The lowest BCUT2D eigenvalue weighted by atomic mass is 9.98. The molecule has 2 aromatic rings. The summed E-state index contributed by atoms with van der Waals surface area (Å²) in [5, 5.41) is 0. The third-order valence-corrected chi connectivity index (χ3v) is 5.02. The molecule has 0 bridgehead atoms. The molecule has 2 aromatic heterocycles. The number of carbonyl (C=O) groups excluding carboxylic acids is 1. The molecule has 132 valence electrons. The predicted molar refractivity (Wildman–Crippen MR) is 91.9 cm³/mol. The van der Waals surface area contributed by atoms with Crippen LogP contribution in [0.15, 0.2) is 37.1 Å². The molecule has 2 saturated heterocycles. The number of fused-ring (bicyclic) bond motifs is 1. The van der Waals surface area contributed by atoms with Crippen LogP contribution in [0.25, 0.3) is 0 Å². The van der Waals surface area contributed by atoms with E-state index in [0.29, 0.717) is 12.2 Å². The van der Waals surface area contributed by atoms with Crippen LogP contribution in [-0.4, -0.2) is 68.6 Å². The van der Waals surface area contributed by atoms with Crippen molar-refractivity contribution >= 4 is 5.91 Å². The zero-order valence-corrected chi connectivity index (χ0v) is 14.4. The van der Waals surface area contributed by atoms with E-state index in [1.165, 1.54) is 5.56 Å². The number of morpholine rings is 1. The second-order valence-electron chi connectivity index (χ2n) is 6.77. The first-order valence-electron chi connectivity index (χ1n) is 8.72. The van der Waals surface area contributed by atoms with Crippen molar-refractivity contribution in [3.8, 4) is 0 Å². The Kier molecular flexibility index (Phi) is 4.50. The lowest BCUT2D eigenvalue weighted by Crippen LogP contribution is -2.60. The normalized spacial score (nSPS) is 24.1. The fraction of sp³-hybridized carbons (Fsp3) is 0.500. The van der Waals surface area contributed by atoms with Gasteiger partial charge in [0.25, 0.3) is 5.91 Å². The van der Waals surface area contributed by atoms with Crippen molar-refractivity contribution in [3.05, 3.63) is 48.3 Å². The molecule has 2 aliphatic heterocycles. The Morgan fingerprint density at radius 2 is 2.32 bits per heavy atom. The zero-order chi connectivity index (χ0) is 17.2. The van der Waals surface area contributed by atoms with Gasteiger partial charge in [-0.1, -0.05) is 6.07 Å². The summed E-state index contributed by atoms with van der Waals surface area (Å²) < 4.78 is 7.78. The quantitative estimate of drug-likeness (QED) is 0.831. The van der Waals surface area contributed by atoms with Gasteiger partial charge in [0.2, 0.25) is 0 Å². The zero-order valence-electron chi connectivity index (χ0n) is 14.4. The van der Waals surface area contributed by atoms with Gasteiger partial charge in [-0.25, -0.2) is 4.98 Å². The highest BCUT2D eigenvalue weighted by molar-refractivity contribution is 5.92. The molecule has 2 atom stereocenters. The van der Waals surface area contributed by atoms with Gasteiger partial charge in [-0.3, -0.25) is 14.7 Å². The van der Waals surface area contributed by atoms with E-state index in [2.05, 4.69) is 20.9 Å². The smallest absolute Gasteiger partial charge is 0.274 e. The molecule has 1 amide bonds. The average Bonchev–Trinajstić information content (AvgIpc) is 3.08. The lowest BCUT2D eigenvalue weighted by molar-refractivity contribution is -0.101. The van der Waals surface area contributed by atoms with Crippen LogP contribution in [-0.2, 0) is 18.3 Å². The minimum Gasteiger partial charge on any atom is -0.375 e. The average molecular weight is 341 g/mol. The van der Waals surface area contributed by atoms with Gasteiger partial charge in [-0.2, -0.15) is 0 Å². The Bertz CT molecular complexity index is 732. The van der Waals surface area contributed by atoms with E-state index in [-0.39, 0.29) is 18.1 Å². The Morgan fingerprint density at radius 1 is 1.40 bits per heavy atom. The van der Waals surface area contributed by atoms with Gasteiger partial charge in [0.15, 0.2) is 0 Å². The molecule has 0 N–H and O–H groups in total. The highest BCUT2D eigenvalue weighted by Gasteiger charge is 2.38. The third-order valence-electron chi connectivity index (χ3n) is 5.02. The lowest BCUT2D eigenvalue weighted by Gasteiger charge is -2.47. The molecule has 2 aliphatic rings. The van der Waals surface area contributed by atoms with Crippen molar-refractivity contribution < 1.29 is 9.53 Å². The molecule has 0 radical (unpaired) electrons. The van der Waals surface area contributed by atoms with Crippen LogP contribution in [0.2, 0.25) is 0 Å². The van der Waals surface area contributed by atoms with Crippen LogP contribution in [0.3, 0.4) is 0 Å². The Morgan fingerprint density at radius 3 is 3.08 bits per heavy atom. The summed E-state index contributed by atoms with van der Waals surface area (Å²) in [7, 11) is 1.88. The van der Waals surface area contributed by atoms with Crippen LogP contribution >= 0.6 is 0 Å². The topological polar surface area (TPSA) is 63.5 Å². The monoisotopic (exact) mass is 341 g/mol. The number of rotatable bonds is 3. The van der Waals surface area contributed by atoms with E-state index in [9.17, 15) is 4.79 Å². The van der Waals surface area contributed by atoms with Crippen molar-refractivity contribution in [3.63, 3.8) is 0 Å². The molecular formula is C18H23N5O2. The Hall–Kier alpha value is -2.25. The largest absolute Gasteiger partial charge is 0.375 e. The van der Waals surface area contributed by atoms with Gasteiger partial charge in [-0.15, -0.1) is 0 Å². The van der Waals surface area contributed by atoms with Gasteiger partial charge in [0.1, 0.15) is 5.69 Å². The van der Waals surface area contributed by atoms with Crippen LogP contribution in [0.4, 0.5) is 0 Å². The molecule has 2 fully saturated rings. The second-order valence-corrected chi connectivity index (χ2v) is 6.77. The van der Waals surface area contributed by atoms with Gasteiger partial charge in [0.05, 0.1) is 25.1 Å². The van der Waals surface area contributed by atoms with E-state index in [0.717, 1.165) is 32.7 Å². The molecule has 4 heterocycles. The number of ether oxygens (including phenoxy) is 1. The molecule has 4 rings (SSSR count). The summed E-state index contributed by atoms with van der Waals surface area (Å²) in [6.45, 7) is 3.86. The van der Waals surface area contributed by atoms with E-state index in [1.807, 2.05) is 24.2 Å². The SMILES string of the molecule is Cn1cnc(C(=O)N2CC[C@H]3OCCN(Cc4cccnc4)[C@@H]3C2)c1. The van der Waals surface area contributed by atoms with Crippen LogP contribution < -0.4 is 0 Å². The maximum Gasteiger partial charge on any atom is 0.274 e. The van der Waals surface area contributed by atoms with Crippen molar-refractivity contribution in [1.82, 2.24) is 24.3 Å². The Balaban J connectivity index is 1.48. The number of hydrogen-bond donors (Lipinski definition) is 0. The molecule has 25 heavy (non-hydrogen) atoms. The number of pyridine rings is 1. The van der Waals surface area contributed by atoms with Gasteiger partial charge in [-0.05, 0) is 18.1 Å². The molecular weight excluding hydrogens is 318 g/mol. The molecule has 0 aliphatic carbocycles. The number of likely N-dealkylation sites (tertiary alicyclic amines) is 1. The van der Waals surface area contributed by atoms with Crippen molar-refractivity contribution in [2.24, 2.45) is 7.05 Å². The number of carbonyl (C=O) groups is 1. The van der Waals surface area contributed by atoms with Crippen LogP contribution in [0.5, 0.6) is 0 Å². The first-order valence-corrected chi connectivity index (χ1v) is 8.72. The highest BCUT2D eigenvalue weighted by atomic mass is 16.5. The predicted octanol–water partition coefficient (Wildman–Crippen LogP) is 0.931. The molecule has 0 spiro atoms. The molecule has 7 nitrogen and oxygen atoms in total. The number of aromatic nitrogens is 3. The van der Waals surface area contributed by atoms with Gasteiger partial charge >= 0.3 is 0 Å². The van der Waals surface area contributed by atoms with E-state index in [1.54, 1.807) is 23.3 Å². The van der Waals surface area contributed by atoms with Crippen LogP contribution in [0, 0.1) is 0 Å². The van der Waals surface area contributed by atoms with Crippen molar-refractivity contribution in [1.29, 1.82) is 0 Å². The molecule has 0 saturated carbocycles. The fourth-order valence-electron chi connectivity index (χ4n) is 3.73. The minimum absolute atomic E-state index is 0.00551. The van der Waals surface area contributed by atoms with Crippen molar-refractivity contribution in [2.75, 3.05) is 26.2 Å². The van der Waals surface area contributed by atoms with E-state index < -0.39 is 0 Å². The second kappa shape index (κ2) is 6.93. The van der Waals surface area contributed by atoms with Crippen molar-refractivity contribution in [2.45, 2.75) is 25.1 Å². The number of amides is 1. The summed E-state index contributed by atoms with van der Waals surface area (Å²) in [5.74, 6) is 0.00551. The fourth-order valence-corrected chi connectivity index (χ4v) is 3.73. The van der Waals surface area contributed by atoms with Gasteiger partial charge in [0, 0.05) is 51.8 Å². The molecule has 0 unspecified atom stereocenters. The summed E-state index contributed by atoms with van der Waals surface area (Å²) in [6, 6.07) is 4.28. The first kappa shape index (κ1) is 16.2. The number of hydrogen-bond acceptors (Lipinski definition) is 5. The summed E-state index contributed by atoms with van der Waals surface area (Å²) in [6.07, 6.45) is 8.20.